The Balaban J connectivity index is 1.75. The number of nitrogens with zero attached hydrogens (tertiary/aromatic N) is 1. The van der Waals surface area contributed by atoms with Crippen LogP contribution in [0.3, 0.4) is 0 Å². The first-order chi connectivity index (χ1) is 9.72. The number of rotatable bonds is 4. The number of hydrogen-bond acceptors (Lipinski definition) is 3. The predicted molar refractivity (Wildman–Crippen MR) is 82.7 cm³/mol. The van der Waals surface area contributed by atoms with Crippen LogP contribution in [0.15, 0.2) is 0 Å². The van der Waals surface area contributed by atoms with E-state index in [4.69, 9.17) is 0 Å². The van der Waals surface area contributed by atoms with E-state index < -0.39 is 0 Å². The highest BCUT2D eigenvalue weighted by atomic mass is 32.1. The van der Waals surface area contributed by atoms with Crippen LogP contribution in [0.25, 0.3) is 0 Å². The SMILES string of the molecule is O=C(NCCS)C1CCN(C(=O)C2CCCCC2)CC1. The smallest absolute Gasteiger partial charge is 0.225 e. The Labute approximate surface area is 127 Å². The van der Waals surface area contributed by atoms with Crippen LogP contribution in [0.5, 0.6) is 0 Å². The topological polar surface area (TPSA) is 49.4 Å². The molecular weight excluding hydrogens is 272 g/mol. The summed E-state index contributed by atoms with van der Waals surface area (Å²) < 4.78 is 0. The van der Waals surface area contributed by atoms with Crippen LogP contribution in [0, 0.1) is 11.8 Å². The van der Waals surface area contributed by atoms with Crippen LogP contribution in [-0.2, 0) is 9.59 Å². The monoisotopic (exact) mass is 298 g/mol. The van der Waals surface area contributed by atoms with Gasteiger partial charge in [-0.25, -0.2) is 0 Å². The van der Waals surface area contributed by atoms with Crippen molar-refractivity contribution in [1.29, 1.82) is 0 Å². The average molecular weight is 298 g/mol. The molecule has 0 radical (unpaired) electrons. The normalized spacial score (nSPS) is 21.8. The van der Waals surface area contributed by atoms with Gasteiger partial charge in [-0.1, -0.05) is 19.3 Å². The molecule has 0 unspecified atom stereocenters. The lowest BCUT2D eigenvalue weighted by molar-refractivity contribution is -0.140. The maximum absolute atomic E-state index is 12.4. The second-order valence-corrected chi connectivity index (χ2v) is 6.40. The van der Waals surface area contributed by atoms with E-state index in [1.807, 2.05) is 4.90 Å². The highest BCUT2D eigenvalue weighted by Gasteiger charge is 2.31. The van der Waals surface area contributed by atoms with Crippen molar-refractivity contribution in [3.8, 4) is 0 Å². The third-order valence-corrected chi connectivity index (χ3v) is 4.77. The van der Waals surface area contributed by atoms with Crippen molar-refractivity contribution in [2.45, 2.75) is 44.9 Å². The zero-order valence-corrected chi connectivity index (χ0v) is 13.0. The lowest BCUT2D eigenvalue weighted by Gasteiger charge is -2.34. The molecule has 4 nitrogen and oxygen atoms in total. The number of hydrogen-bond donors (Lipinski definition) is 2. The summed E-state index contributed by atoms with van der Waals surface area (Å²) in [5.74, 6) is 1.46. The van der Waals surface area contributed by atoms with Gasteiger partial charge in [-0.15, -0.1) is 0 Å². The van der Waals surface area contributed by atoms with Crippen molar-refractivity contribution in [2.75, 3.05) is 25.4 Å². The Kier molecular flexibility index (Phi) is 6.20. The van der Waals surface area contributed by atoms with Crippen LogP contribution in [0.4, 0.5) is 0 Å². The van der Waals surface area contributed by atoms with Crippen LogP contribution in [0.2, 0.25) is 0 Å². The third-order valence-electron chi connectivity index (χ3n) is 4.54. The molecule has 1 N–H and O–H groups in total. The van der Waals surface area contributed by atoms with Gasteiger partial charge in [0.1, 0.15) is 0 Å². The Morgan fingerprint density at radius 3 is 2.25 bits per heavy atom. The van der Waals surface area contributed by atoms with E-state index in [0.717, 1.165) is 38.8 Å². The first kappa shape index (κ1) is 15.7. The number of thiol groups is 1. The zero-order valence-electron chi connectivity index (χ0n) is 12.1. The van der Waals surface area contributed by atoms with Gasteiger partial charge in [0.2, 0.25) is 11.8 Å². The molecule has 2 aliphatic rings. The second kappa shape index (κ2) is 7.91. The summed E-state index contributed by atoms with van der Waals surface area (Å²) in [6.45, 7) is 2.12. The molecule has 20 heavy (non-hydrogen) atoms. The molecule has 5 heteroatoms. The quantitative estimate of drug-likeness (QED) is 0.778. The van der Waals surface area contributed by atoms with E-state index in [1.54, 1.807) is 0 Å². The standard InChI is InChI=1S/C15H26N2O2S/c18-14(16-8-11-20)12-6-9-17(10-7-12)15(19)13-4-2-1-3-5-13/h12-13,20H,1-11H2,(H,16,18). The van der Waals surface area contributed by atoms with E-state index in [9.17, 15) is 9.59 Å². The minimum Gasteiger partial charge on any atom is -0.355 e. The number of carbonyl (C=O) groups is 2. The number of likely N-dealkylation sites (tertiary alicyclic amines) is 1. The van der Waals surface area contributed by atoms with Gasteiger partial charge in [0.25, 0.3) is 0 Å². The highest BCUT2D eigenvalue weighted by molar-refractivity contribution is 7.80. The molecule has 0 atom stereocenters. The largest absolute Gasteiger partial charge is 0.355 e. The summed E-state index contributed by atoms with van der Waals surface area (Å²) in [4.78, 5) is 26.3. The van der Waals surface area contributed by atoms with Crippen LogP contribution in [0.1, 0.15) is 44.9 Å². The van der Waals surface area contributed by atoms with E-state index in [0.29, 0.717) is 18.2 Å². The van der Waals surface area contributed by atoms with Crippen molar-refractivity contribution in [3.63, 3.8) is 0 Å². The summed E-state index contributed by atoms with van der Waals surface area (Å²) in [6, 6.07) is 0. The van der Waals surface area contributed by atoms with Gasteiger partial charge in [0.05, 0.1) is 0 Å². The molecular formula is C15H26N2O2S. The molecule has 2 fully saturated rings. The summed E-state index contributed by atoms with van der Waals surface area (Å²) >= 11 is 4.09. The lowest BCUT2D eigenvalue weighted by Crippen LogP contribution is -2.45. The lowest BCUT2D eigenvalue weighted by atomic mass is 9.87. The van der Waals surface area contributed by atoms with Gasteiger partial charge in [0.15, 0.2) is 0 Å². The van der Waals surface area contributed by atoms with E-state index in [1.165, 1.54) is 19.3 Å². The molecule has 1 heterocycles. The Bertz CT molecular complexity index is 335. The van der Waals surface area contributed by atoms with E-state index in [-0.39, 0.29) is 17.7 Å². The number of nitrogens with one attached hydrogen (secondary N) is 1. The number of amides is 2. The molecule has 1 aliphatic heterocycles. The van der Waals surface area contributed by atoms with Crippen LogP contribution in [-0.4, -0.2) is 42.1 Å². The van der Waals surface area contributed by atoms with Gasteiger partial charge < -0.3 is 10.2 Å². The van der Waals surface area contributed by atoms with Gasteiger partial charge in [-0.05, 0) is 25.7 Å². The summed E-state index contributed by atoms with van der Waals surface area (Å²) in [7, 11) is 0. The van der Waals surface area contributed by atoms with Crippen molar-refractivity contribution in [3.05, 3.63) is 0 Å². The summed E-state index contributed by atoms with van der Waals surface area (Å²) in [6.07, 6.45) is 7.38. The average Bonchev–Trinajstić information content (AvgIpc) is 2.53. The molecule has 2 amide bonds. The highest BCUT2D eigenvalue weighted by Crippen LogP contribution is 2.27. The van der Waals surface area contributed by atoms with E-state index in [2.05, 4.69) is 17.9 Å². The van der Waals surface area contributed by atoms with E-state index >= 15 is 0 Å². The fourth-order valence-electron chi connectivity index (χ4n) is 3.29. The van der Waals surface area contributed by atoms with Gasteiger partial charge in [-0.2, -0.15) is 12.6 Å². The molecule has 0 spiro atoms. The molecule has 2 rings (SSSR count). The Morgan fingerprint density at radius 2 is 1.65 bits per heavy atom. The third kappa shape index (κ3) is 4.14. The molecule has 1 saturated carbocycles. The van der Waals surface area contributed by atoms with Crippen molar-refractivity contribution in [2.24, 2.45) is 11.8 Å². The molecule has 0 aromatic heterocycles. The maximum atomic E-state index is 12.4. The van der Waals surface area contributed by atoms with Crippen molar-refractivity contribution < 1.29 is 9.59 Å². The molecule has 1 saturated heterocycles. The molecule has 0 bridgehead atoms. The number of carbonyl (C=O) groups excluding carboxylic acids is 2. The Hall–Kier alpha value is -0.710. The molecule has 0 aromatic carbocycles. The fraction of sp³-hybridized carbons (Fsp3) is 0.867. The molecule has 114 valence electrons. The van der Waals surface area contributed by atoms with Crippen molar-refractivity contribution >= 4 is 24.4 Å². The summed E-state index contributed by atoms with van der Waals surface area (Å²) in [5.41, 5.74) is 0. The number of piperidine rings is 1. The second-order valence-electron chi connectivity index (χ2n) is 5.95. The first-order valence-corrected chi connectivity index (χ1v) is 8.53. The van der Waals surface area contributed by atoms with Gasteiger partial charge in [0, 0.05) is 37.2 Å². The molecule has 1 aliphatic carbocycles. The fourth-order valence-corrected chi connectivity index (χ4v) is 3.41. The minimum absolute atomic E-state index is 0.0743. The van der Waals surface area contributed by atoms with Gasteiger partial charge in [-0.3, -0.25) is 9.59 Å². The summed E-state index contributed by atoms with van der Waals surface area (Å²) in [5, 5.41) is 2.89. The minimum atomic E-state index is 0.0743. The zero-order chi connectivity index (χ0) is 14.4. The Morgan fingerprint density at radius 1 is 1.00 bits per heavy atom. The van der Waals surface area contributed by atoms with Crippen LogP contribution < -0.4 is 5.32 Å². The maximum Gasteiger partial charge on any atom is 0.225 e. The molecule has 0 aromatic rings. The van der Waals surface area contributed by atoms with Crippen LogP contribution >= 0.6 is 12.6 Å². The van der Waals surface area contributed by atoms with Crippen molar-refractivity contribution in [1.82, 2.24) is 10.2 Å². The van der Waals surface area contributed by atoms with Gasteiger partial charge >= 0.3 is 0 Å². The predicted octanol–water partition coefficient (Wildman–Crippen LogP) is 1.85. The first-order valence-electron chi connectivity index (χ1n) is 7.89.